The van der Waals surface area contributed by atoms with Gasteiger partial charge in [0.15, 0.2) is 0 Å². The van der Waals surface area contributed by atoms with E-state index in [1.807, 2.05) is 29.3 Å². The first-order valence-electron chi connectivity index (χ1n) is 8.13. The van der Waals surface area contributed by atoms with Gasteiger partial charge in [-0.05, 0) is 49.9 Å². The minimum absolute atomic E-state index is 0.293. The largest absolute Gasteiger partial charge is 0.351 e. The van der Waals surface area contributed by atoms with E-state index in [-0.39, 0.29) is 0 Å². The highest BCUT2D eigenvalue weighted by molar-refractivity contribution is 5.76. The maximum atomic E-state index is 12.3. The molecule has 22 heavy (non-hydrogen) atoms. The van der Waals surface area contributed by atoms with Crippen molar-refractivity contribution in [1.29, 1.82) is 0 Å². The average molecular weight is 297 g/mol. The zero-order chi connectivity index (χ0) is 15.2. The number of piperidine rings is 1. The van der Waals surface area contributed by atoms with Crippen molar-refractivity contribution in [2.24, 2.45) is 0 Å². The van der Waals surface area contributed by atoms with Gasteiger partial charge in [0.1, 0.15) is 0 Å². The Bertz CT molecular complexity index is 572. The van der Waals surface area contributed by atoms with Gasteiger partial charge in [-0.2, -0.15) is 0 Å². The zero-order valence-corrected chi connectivity index (χ0v) is 12.9. The smallest absolute Gasteiger partial charge is 0.222 e. The molecule has 4 nitrogen and oxygen atoms in total. The molecule has 0 bridgehead atoms. The van der Waals surface area contributed by atoms with E-state index in [0.717, 1.165) is 44.5 Å². The van der Waals surface area contributed by atoms with Crippen LogP contribution < -0.4 is 0 Å². The van der Waals surface area contributed by atoms with E-state index in [9.17, 15) is 4.79 Å². The number of rotatable bonds is 5. The highest BCUT2D eigenvalue weighted by atomic mass is 16.2. The number of pyridine rings is 1. The third kappa shape index (κ3) is 3.75. The Labute approximate surface area is 131 Å². The van der Waals surface area contributed by atoms with Crippen molar-refractivity contribution in [3.05, 3.63) is 54.6 Å². The van der Waals surface area contributed by atoms with E-state index in [4.69, 9.17) is 0 Å². The molecule has 1 fully saturated rings. The lowest BCUT2D eigenvalue weighted by Crippen LogP contribution is -2.38. The summed E-state index contributed by atoms with van der Waals surface area (Å²) >= 11 is 0. The molecule has 1 amide bonds. The maximum absolute atomic E-state index is 12.3. The fraction of sp³-hybridized carbons (Fsp3) is 0.444. The van der Waals surface area contributed by atoms with Crippen molar-refractivity contribution < 1.29 is 4.79 Å². The molecular weight excluding hydrogens is 274 g/mol. The summed E-state index contributed by atoms with van der Waals surface area (Å²) in [6.45, 7) is 1.76. The Morgan fingerprint density at radius 2 is 1.91 bits per heavy atom. The summed E-state index contributed by atoms with van der Waals surface area (Å²) in [6.07, 6.45) is 10.6. The topological polar surface area (TPSA) is 38.1 Å². The molecule has 0 aliphatic carbocycles. The van der Waals surface area contributed by atoms with Crippen LogP contribution in [0.15, 0.2) is 48.9 Å². The number of hydrogen-bond donors (Lipinski definition) is 0. The van der Waals surface area contributed by atoms with Gasteiger partial charge in [-0.1, -0.05) is 6.07 Å². The Morgan fingerprint density at radius 1 is 1.14 bits per heavy atom. The summed E-state index contributed by atoms with van der Waals surface area (Å²) in [4.78, 5) is 18.6. The number of hydrogen-bond acceptors (Lipinski definition) is 2. The molecule has 0 N–H and O–H groups in total. The molecular formula is C18H23N3O. The van der Waals surface area contributed by atoms with Crippen LogP contribution in [0.25, 0.3) is 0 Å². The van der Waals surface area contributed by atoms with Crippen LogP contribution >= 0.6 is 0 Å². The molecule has 1 saturated heterocycles. The Kier molecular flexibility index (Phi) is 4.88. The molecule has 3 rings (SSSR count). The minimum Gasteiger partial charge on any atom is -0.351 e. The van der Waals surface area contributed by atoms with Gasteiger partial charge in [0.05, 0.1) is 0 Å². The second-order valence-corrected chi connectivity index (χ2v) is 5.92. The van der Waals surface area contributed by atoms with Crippen LogP contribution in [0.5, 0.6) is 0 Å². The molecule has 116 valence electrons. The summed E-state index contributed by atoms with van der Waals surface area (Å²) in [5.74, 6) is 0.293. The lowest BCUT2D eigenvalue weighted by molar-refractivity contribution is -0.132. The molecule has 2 aromatic heterocycles. The van der Waals surface area contributed by atoms with Crippen molar-refractivity contribution in [1.82, 2.24) is 14.5 Å². The number of carbonyl (C=O) groups is 1. The van der Waals surface area contributed by atoms with E-state index in [1.54, 1.807) is 0 Å². The first kappa shape index (κ1) is 14.8. The quantitative estimate of drug-likeness (QED) is 0.850. The van der Waals surface area contributed by atoms with Crippen LogP contribution in [0, 0.1) is 0 Å². The number of amides is 1. The lowest BCUT2D eigenvalue weighted by Gasteiger charge is -2.33. The summed E-state index contributed by atoms with van der Waals surface area (Å²) in [7, 11) is 0. The molecule has 0 aromatic carbocycles. The van der Waals surface area contributed by atoms with Gasteiger partial charge in [0.2, 0.25) is 5.91 Å². The highest BCUT2D eigenvalue weighted by Crippen LogP contribution is 2.23. The predicted octanol–water partition coefficient (Wildman–Crippen LogP) is 3.07. The molecule has 0 spiro atoms. The van der Waals surface area contributed by atoms with Crippen LogP contribution in [0.1, 0.15) is 37.4 Å². The van der Waals surface area contributed by atoms with Gasteiger partial charge >= 0.3 is 0 Å². The normalized spacial score (nSPS) is 15.9. The molecule has 0 atom stereocenters. The van der Waals surface area contributed by atoms with Gasteiger partial charge in [0.25, 0.3) is 0 Å². The maximum Gasteiger partial charge on any atom is 0.222 e. The third-order valence-corrected chi connectivity index (χ3v) is 4.42. The van der Waals surface area contributed by atoms with Crippen molar-refractivity contribution in [2.75, 3.05) is 13.1 Å². The lowest BCUT2D eigenvalue weighted by atomic mass is 10.0. The molecule has 1 aliphatic rings. The molecule has 0 unspecified atom stereocenters. The monoisotopic (exact) mass is 297 g/mol. The van der Waals surface area contributed by atoms with E-state index >= 15 is 0 Å². The first-order chi connectivity index (χ1) is 10.8. The summed E-state index contributed by atoms with van der Waals surface area (Å²) in [6, 6.07) is 10.6. The van der Waals surface area contributed by atoms with Gasteiger partial charge in [0, 0.05) is 49.8 Å². The highest BCUT2D eigenvalue weighted by Gasteiger charge is 2.22. The van der Waals surface area contributed by atoms with E-state index < -0.39 is 0 Å². The zero-order valence-electron chi connectivity index (χ0n) is 12.9. The number of carbonyl (C=O) groups excluding carboxylic acids is 1. The Morgan fingerprint density at radius 3 is 2.59 bits per heavy atom. The third-order valence-electron chi connectivity index (χ3n) is 4.42. The molecule has 0 saturated carbocycles. The summed E-state index contributed by atoms with van der Waals surface area (Å²) in [5.41, 5.74) is 1.07. The van der Waals surface area contributed by atoms with Gasteiger partial charge in [-0.3, -0.25) is 9.78 Å². The standard InChI is InChI=1S/C18H23N3O/c22-18(8-5-7-16-6-1-2-11-19-16)21-14-9-17(10-15-21)20-12-3-4-13-20/h1-4,6,11-13,17H,5,7-10,14-15H2. The molecule has 0 radical (unpaired) electrons. The van der Waals surface area contributed by atoms with Crippen LogP contribution in [-0.2, 0) is 11.2 Å². The van der Waals surface area contributed by atoms with Crippen LogP contribution in [0.4, 0.5) is 0 Å². The Hall–Kier alpha value is -2.10. The minimum atomic E-state index is 0.293. The fourth-order valence-corrected chi connectivity index (χ4v) is 3.13. The van der Waals surface area contributed by atoms with Gasteiger partial charge < -0.3 is 9.47 Å². The second kappa shape index (κ2) is 7.25. The molecule has 4 heteroatoms. The molecule has 1 aliphatic heterocycles. The first-order valence-corrected chi connectivity index (χ1v) is 8.13. The number of aryl methyl sites for hydroxylation is 1. The van der Waals surface area contributed by atoms with Gasteiger partial charge in [-0.15, -0.1) is 0 Å². The van der Waals surface area contributed by atoms with Crippen LogP contribution in [-0.4, -0.2) is 33.4 Å². The van der Waals surface area contributed by atoms with E-state index in [2.05, 4.69) is 34.1 Å². The summed E-state index contributed by atoms with van der Waals surface area (Å²) in [5, 5.41) is 0. The van der Waals surface area contributed by atoms with Crippen molar-refractivity contribution in [2.45, 2.75) is 38.1 Å². The predicted molar refractivity (Wildman–Crippen MR) is 86.5 cm³/mol. The van der Waals surface area contributed by atoms with Crippen LogP contribution in [0.3, 0.4) is 0 Å². The summed E-state index contributed by atoms with van der Waals surface area (Å²) < 4.78 is 2.27. The number of likely N-dealkylation sites (tertiary alicyclic amines) is 1. The van der Waals surface area contributed by atoms with Crippen molar-refractivity contribution in [3.8, 4) is 0 Å². The SMILES string of the molecule is O=C(CCCc1ccccn1)N1CCC(n2cccc2)CC1. The van der Waals surface area contributed by atoms with Crippen molar-refractivity contribution >= 4 is 5.91 Å². The number of nitrogens with zero attached hydrogens (tertiary/aromatic N) is 3. The number of aromatic nitrogens is 2. The van der Waals surface area contributed by atoms with Gasteiger partial charge in [-0.25, -0.2) is 0 Å². The molecule has 2 aromatic rings. The Balaban J connectivity index is 1.40. The van der Waals surface area contributed by atoms with Crippen LogP contribution in [0.2, 0.25) is 0 Å². The molecule has 3 heterocycles. The van der Waals surface area contributed by atoms with Crippen molar-refractivity contribution in [3.63, 3.8) is 0 Å². The fourth-order valence-electron chi connectivity index (χ4n) is 3.13. The van der Waals surface area contributed by atoms with E-state index in [1.165, 1.54) is 0 Å². The second-order valence-electron chi connectivity index (χ2n) is 5.92. The van der Waals surface area contributed by atoms with E-state index in [0.29, 0.717) is 18.4 Å². The average Bonchev–Trinajstić information content (AvgIpc) is 3.10.